The molecule has 0 fully saturated rings. The van der Waals surface area contributed by atoms with Crippen LogP contribution >= 0.6 is 11.6 Å². The monoisotopic (exact) mass is 482 g/mol. The fraction of sp³-hybridized carbons (Fsp3) is 0.0714. The summed E-state index contributed by atoms with van der Waals surface area (Å²) in [4.78, 5) is 29.2. The van der Waals surface area contributed by atoms with Crippen LogP contribution in [0.1, 0.15) is 26.3 Å². The molecule has 0 radical (unpaired) electrons. The highest BCUT2D eigenvalue weighted by atomic mass is 35.5. The Hall–Kier alpha value is -4.29. The normalized spacial score (nSPS) is 12.7. The maximum absolute atomic E-state index is 12.9. The van der Waals surface area contributed by atoms with Gasteiger partial charge >= 0.3 is 0 Å². The Morgan fingerprint density at radius 2 is 1.54 bits per heavy atom. The summed E-state index contributed by atoms with van der Waals surface area (Å²) in [5, 5.41) is 4.36. The molecule has 2 amide bonds. The van der Waals surface area contributed by atoms with E-state index in [2.05, 4.69) is 10.3 Å². The smallest absolute Gasteiger partial charge is 0.259 e. The van der Waals surface area contributed by atoms with E-state index in [1.807, 2.05) is 66.7 Å². The Morgan fingerprint density at radius 1 is 0.800 bits per heavy atom. The van der Waals surface area contributed by atoms with Gasteiger partial charge in [-0.15, -0.1) is 0 Å². The number of aromatic amines is 1. The average Bonchev–Trinajstić information content (AvgIpc) is 3.38. The van der Waals surface area contributed by atoms with E-state index < -0.39 is 11.8 Å². The van der Waals surface area contributed by atoms with Crippen molar-refractivity contribution in [1.82, 2.24) is 10.3 Å². The van der Waals surface area contributed by atoms with Crippen molar-refractivity contribution < 1.29 is 19.1 Å². The van der Waals surface area contributed by atoms with E-state index in [1.165, 1.54) is 0 Å². The van der Waals surface area contributed by atoms with Crippen LogP contribution in [0.4, 0.5) is 0 Å². The molecule has 1 aliphatic heterocycles. The van der Waals surface area contributed by atoms with Crippen LogP contribution in [-0.4, -0.2) is 23.9 Å². The fourth-order valence-corrected chi connectivity index (χ4v) is 4.90. The van der Waals surface area contributed by atoms with Gasteiger partial charge in [-0.3, -0.25) is 14.9 Å². The number of halogens is 1. The van der Waals surface area contributed by atoms with Gasteiger partial charge in [-0.05, 0) is 29.3 Å². The van der Waals surface area contributed by atoms with E-state index in [4.69, 9.17) is 21.1 Å². The number of hydrogen-bond donors (Lipinski definition) is 2. The molecule has 2 N–H and O–H groups in total. The van der Waals surface area contributed by atoms with Crippen molar-refractivity contribution in [3.8, 4) is 22.6 Å². The molecule has 6 nitrogen and oxygen atoms in total. The van der Waals surface area contributed by atoms with Crippen LogP contribution in [0, 0.1) is 0 Å². The maximum atomic E-state index is 12.9. The van der Waals surface area contributed by atoms with Gasteiger partial charge in [-0.1, -0.05) is 60.1 Å². The van der Waals surface area contributed by atoms with Gasteiger partial charge in [-0.2, -0.15) is 0 Å². The molecule has 0 saturated carbocycles. The number of methoxy groups -OCH3 is 1. The topological polar surface area (TPSA) is 80.4 Å². The van der Waals surface area contributed by atoms with Gasteiger partial charge in [0, 0.05) is 32.9 Å². The van der Waals surface area contributed by atoms with Gasteiger partial charge < -0.3 is 14.5 Å². The van der Waals surface area contributed by atoms with E-state index in [-0.39, 0.29) is 0 Å². The zero-order valence-corrected chi connectivity index (χ0v) is 19.4. The molecule has 35 heavy (non-hydrogen) atoms. The Bertz CT molecular complexity index is 1660. The first kappa shape index (κ1) is 21.3. The molecule has 0 spiro atoms. The minimum atomic E-state index is -0.439. The number of hydrogen-bond acceptors (Lipinski definition) is 4. The number of carbonyl (C=O) groups excluding carboxylic acids is 2. The van der Waals surface area contributed by atoms with Crippen molar-refractivity contribution in [3.05, 3.63) is 94.5 Å². The van der Waals surface area contributed by atoms with Crippen molar-refractivity contribution in [2.24, 2.45) is 0 Å². The number of imide groups is 1. The summed E-state index contributed by atoms with van der Waals surface area (Å²) in [5.74, 6) is 0.223. The summed E-state index contributed by atoms with van der Waals surface area (Å²) in [6, 6.07) is 22.7. The third-order valence-corrected chi connectivity index (χ3v) is 6.58. The lowest BCUT2D eigenvalue weighted by molar-refractivity contribution is 0.0880. The second-order valence-electron chi connectivity index (χ2n) is 8.31. The molecule has 0 unspecified atom stereocenters. The number of nitrogens with one attached hydrogen (secondary N) is 2. The summed E-state index contributed by atoms with van der Waals surface area (Å²) in [7, 11) is 1.57. The number of ether oxygens (including phenoxy) is 2. The number of amides is 2. The summed E-state index contributed by atoms with van der Waals surface area (Å²) in [6.45, 7) is 0.381. The molecule has 0 bridgehead atoms. The first-order chi connectivity index (χ1) is 17.0. The quantitative estimate of drug-likeness (QED) is 0.296. The van der Waals surface area contributed by atoms with E-state index >= 15 is 0 Å². The molecular weight excluding hydrogens is 464 g/mol. The average molecular weight is 483 g/mol. The summed E-state index contributed by atoms with van der Waals surface area (Å²) in [6.07, 6.45) is 0. The first-order valence-corrected chi connectivity index (χ1v) is 11.4. The third-order valence-electron chi connectivity index (χ3n) is 6.25. The fourth-order valence-electron chi connectivity index (χ4n) is 4.67. The van der Waals surface area contributed by atoms with Gasteiger partial charge in [0.1, 0.15) is 6.61 Å². The highest BCUT2D eigenvalue weighted by molar-refractivity contribution is 6.36. The Morgan fingerprint density at radius 3 is 2.31 bits per heavy atom. The summed E-state index contributed by atoms with van der Waals surface area (Å²) < 4.78 is 11.7. The maximum Gasteiger partial charge on any atom is 0.259 e. The highest BCUT2D eigenvalue weighted by Crippen LogP contribution is 2.43. The van der Waals surface area contributed by atoms with Crippen molar-refractivity contribution in [3.63, 3.8) is 0 Å². The molecule has 4 aromatic carbocycles. The predicted octanol–water partition coefficient (Wildman–Crippen LogP) is 6.11. The number of carbonyl (C=O) groups is 2. The van der Waals surface area contributed by atoms with Crippen molar-refractivity contribution in [1.29, 1.82) is 0 Å². The Kier molecular flexibility index (Phi) is 4.97. The summed E-state index contributed by atoms with van der Waals surface area (Å²) in [5.41, 5.74) is 4.42. The van der Waals surface area contributed by atoms with E-state index in [1.54, 1.807) is 13.2 Å². The molecule has 5 aromatic rings. The van der Waals surface area contributed by atoms with Gasteiger partial charge in [0.15, 0.2) is 11.5 Å². The van der Waals surface area contributed by atoms with Gasteiger partial charge in [0.25, 0.3) is 11.8 Å². The highest BCUT2D eigenvalue weighted by Gasteiger charge is 2.34. The lowest BCUT2D eigenvalue weighted by Crippen LogP contribution is -2.20. The Labute approximate surface area is 205 Å². The zero-order valence-electron chi connectivity index (χ0n) is 18.6. The van der Waals surface area contributed by atoms with Gasteiger partial charge in [-0.25, -0.2) is 0 Å². The van der Waals surface area contributed by atoms with Crippen LogP contribution < -0.4 is 14.8 Å². The minimum Gasteiger partial charge on any atom is -0.493 e. The largest absolute Gasteiger partial charge is 0.493 e. The van der Waals surface area contributed by atoms with Crippen LogP contribution in [0.3, 0.4) is 0 Å². The van der Waals surface area contributed by atoms with Crippen molar-refractivity contribution in [2.75, 3.05) is 7.11 Å². The number of fused-ring (bicyclic) bond motifs is 5. The number of aromatic nitrogens is 1. The van der Waals surface area contributed by atoms with Gasteiger partial charge in [0.05, 0.1) is 23.8 Å². The number of H-pyrrole nitrogens is 1. The predicted molar refractivity (Wildman–Crippen MR) is 135 cm³/mol. The van der Waals surface area contributed by atoms with Crippen molar-refractivity contribution in [2.45, 2.75) is 6.61 Å². The molecule has 1 aromatic heterocycles. The lowest BCUT2D eigenvalue weighted by Gasteiger charge is -2.11. The molecule has 7 heteroatoms. The molecule has 1 aliphatic rings. The minimum absolute atomic E-state index is 0.319. The van der Waals surface area contributed by atoms with Crippen LogP contribution in [0.2, 0.25) is 5.02 Å². The van der Waals surface area contributed by atoms with Crippen LogP contribution in [0.15, 0.2) is 72.8 Å². The van der Waals surface area contributed by atoms with Gasteiger partial charge in [0.2, 0.25) is 0 Å². The second kappa shape index (κ2) is 8.18. The van der Waals surface area contributed by atoms with Crippen molar-refractivity contribution >= 4 is 45.2 Å². The third kappa shape index (κ3) is 3.42. The van der Waals surface area contributed by atoms with E-state index in [0.717, 1.165) is 16.5 Å². The number of rotatable bonds is 5. The molecule has 0 atom stereocenters. The molecular formula is C28H19ClN2O4. The SMILES string of the molecule is COc1cc2c(cc1OCc1ccccc1)[nH]c1cc(-c3ccccc3Cl)c3c(c12)C(=O)NC3=O. The van der Waals surface area contributed by atoms with E-state index in [0.29, 0.717) is 56.3 Å². The first-order valence-electron chi connectivity index (χ1n) is 11.0. The number of benzene rings is 4. The molecule has 172 valence electrons. The molecule has 6 rings (SSSR count). The summed E-state index contributed by atoms with van der Waals surface area (Å²) >= 11 is 6.46. The van der Waals surface area contributed by atoms with Crippen LogP contribution in [-0.2, 0) is 6.61 Å². The second-order valence-corrected chi connectivity index (χ2v) is 8.71. The zero-order chi connectivity index (χ0) is 24.1. The standard InChI is InChI=1S/C28H19ClN2O4/c1-34-22-12-18-20(13-23(22)35-14-15-7-3-2-4-8-15)30-21-11-17(16-9-5-6-10-19(16)29)25-26(24(18)21)28(33)31-27(25)32/h2-13,30H,14H2,1H3,(H,31,32,33). The molecule has 2 heterocycles. The Balaban J connectivity index is 1.57. The van der Waals surface area contributed by atoms with Crippen LogP contribution in [0.5, 0.6) is 11.5 Å². The molecule has 0 saturated heterocycles. The molecule has 0 aliphatic carbocycles. The lowest BCUT2D eigenvalue weighted by atomic mass is 9.93. The van der Waals surface area contributed by atoms with E-state index in [9.17, 15) is 9.59 Å². The van der Waals surface area contributed by atoms with Crippen LogP contribution in [0.25, 0.3) is 32.9 Å².